The first-order valence-electron chi connectivity index (χ1n) is 8.31. The largest absolute Gasteiger partial charge is 0.497 e. The summed E-state index contributed by atoms with van der Waals surface area (Å²) < 4.78 is 5.11. The monoisotopic (exact) mass is 338 g/mol. The lowest BCUT2D eigenvalue weighted by molar-refractivity contribution is -0.122. The van der Waals surface area contributed by atoms with Gasteiger partial charge in [-0.25, -0.2) is 0 Å². The maximum atomic E-state index is 12.5. The van der Waals surface area contributed by atoms with Crippen molar-refractivity contribution in [3.05, 3.63) is 53.6 Å². The Morgan fingerprint density at radius 3 is 2.56 bits per heavy atom. The molecule has 2 aromatic carbocycles. The van der Waals surface area contributed by atoms with E-state index in [1.807, 2.05) is 32.0 Å². The van der Waals surface area contributed by atoms with E-state index in [9.17, 15) is 9.59 Å². The van der Waals surface area contributed by atoms with E-state index >= 15 is 0 Å². The van der Waals surface area contributed by atoms with Gasteiger partial charge < -0.3 is 15.0 Å². The molecule has 0 bridgehead atoms. The van der Waals surface area contributed by atoms with E-state index in [-0.39, 0.29) is 24.2 Å². The number of nitrogens with one attached hydrogen (secondary N) is 1. The Labute approximate surface area is 147 Å². The summed E-state index contributed by atoms with van der Waals surface area (Å²) in [5, 5.41) is 2.88. The van der Waals surface area contributed by atoms with Gasteiger partial charge in [-0.2, -0.15) is 0 Å². The molecule has 0 aromatic heterocycles. The molecule has 25 heavy (non-hydrogen) atoms. The number of aryl methyl sites for hydroxylation is 1. The highest BCUT2D eigenvalue weighted by atomic mass is 16.5. The SMILES string of the molecule is COc1ccc(NC(=O)[C@H]2CC(=O)N(c3cccc(C)c3C)C2)cc1. The molecule has 1 atom stereocenters. The van der Waals surface area contributed by atoms with Crippen molar-refractivity contribution < 1.29 is 14.3 Å². The fourth-order valence-corrected chi connectivity index (χ4v) is 3.06. The Bertz CT molecular complexity index is 799. The van der Waals surface area contributed by atoms with Crippen LogP contribution in [0.15, 0.2) is 42.5 Å². The zero-order chi connectivity index (χ0) is 18.0. The van der Waals surface area contributed by atoms with Crippen LogP contribution >= 0.6 is 0 Å². The van der Waals surface area contributed by atoms with Gasteiger partial charge in [0.25, 0.3) is 0 Å². The van der Waals surface area contributed by atoms with Gasteiger partial charge in [-0.05, 0) is 55.3 Å². The molecule has 1 saturated heterocycles. The first-order chi connectivity index (χ1) is 12.0. The average molecular weight is 338 g/mol. The molecule has 3 rings (SSSR count). The van der Waals surface area contributed by atoms with Crippen LogP contribution in [-0.4, -0.2) is 25.5 Å². The number of ether oxygens (including phenoxy) is 1. The fourth-order valence-electron chi connectivity index (χ4n) is 3.06. The molecule has 1 aliphatic heterocycles. The molecule has 1 fully saturated rings. The van der Waals surface area contributed by atoms with Crippen LogP contribution in [-0.2, 0) is 9.59 Å². The number of hydrogen-bond donors (Lipinski definition) is 1. The molecule has 0 unspecified atom stereocenters. The molecule has 0 saturated carbocycles. The predicted octanol–water partition coefficient (Wildman–Crippen LogP) is 3.30. The molecule has 2 amide bonds. The van der Waals surface area contributed by atoms with Crippen molar-refractivity contribution in [3.63, 3.8) is 0 Å². The molecule has 130 valence electrons. The van der Waals surface area contributed by atoms with Gasteiger partial charge in [-0.3, -0.25) is 9.59 Å². The van der Waals surface area contributed by atoms with Gasteiger partial charge in [0.1, 0.15) is 5.75 Å². The molecule has 1 heterocycles. The Hall–Kier alpha value is -2.82. The number of anilines is 2. The number of rotatable bonds is 4. The maximum absolute atomic E-state index is 12.5. The zero-order valence-corrected chi connectivity index (χ0v) is 14.7. The van der Waals surface area contributed by atoms with Crippen LogP contribution in [0, 0.1) is 19.8 Å². The van der Waals surface area contributed by atoms with E-state index in [0.717, 1.165) is 22.6 Å². The van der Waals surface area contributed by atoms with Crippen LogP contribution in [0.25, 0.3) is 0 Å². The van der Waals surface area contributed by atoms with Crippen molar-refractivity contribution in [2.75, 3.05) is 23.9 Å². The van der Waals surface area contributed by atoms with E-state index in [4.69, 9.17) is 4.74 Å². The summed E-state index contributed by atoms with van der Waals surface area (Å²) in [6.07, 6.45) is 0.232. The Kier molecular flexibility index (Phi) is 4.74. The van der Waals surface area contributed by atoms with Crippen molar-refractivity contribution in [1.29, 1.82) is 0 Å². The number of carbonyl (C=O) groups excluding carboxylic acids is 2. The lowest BCUT2D eigenvalue weighted by Crippen LogP contribution is -2.28. The van der Waals surface area contributed by atoms with Crippen LogP contribution in [0.2, 0.25) is 0 Å². The number of methoxy groups -OCH3 is 1. The molecular formula is C20H22N2O3. The number of nitrogens with zero attached hydrogens (tertiary/aromatic N) is 1. The summed E-state index contributed by atoms with van der Waals surface area (Å²) in [5.41, 5.74) is 3.80. The second kappa shape index (κ2) is 6.97. The van der Waals surface area contributed by atoms with E-state index in [1.54, 1.807) is 36.3 Å². The molecule has 0 spiro atoms. The summed E-state index contributed by atoms with van der Waals surface area (Å²) in [7, 11) is 1.60. The Balaban J connectivity index is 1.71. The minimum atomic E-state index is -0.352. The van der Waals surface area contributed by atoms with E-state index in [1.165, 1.54) is 0 Å². The summed E-state index contributed by atoms with van der Waals surface area (Å²) in [4.78, 5) is 26.7. The van der Waals surface area contributed by atoms with E-state index in [2.05, 4.69) is 5.32 Å². The van der Waals surface area contributed by atoms with Crippen molar-refractivity contribution in [3.8, 4) is 5.75 Å². The Morgan fingerprint density at radius 2 is 1.88 bits per heavy atom. The minimum Gasteiger partial charge on any atom is -0.497 e. The third kappa shape index (κ3) is 3.50. The van der Waals surface area contributed by atoms with Crippen molar-refractivity contribution in [2.45, 2.75) is 20.3 Å². The second-order valence-electron chi connectivity index (χ2n) is 6.34. The standard InChI is InChI=1S/C20H22N2O3/c1-13-5-4-6-18(14(13)2)22-12-15(11-19(22)23)20(24)21-16-7-9-17(25-3)10-8-16/h4-10,15H,11-12H2,1-3H3,(H,21,24)/t15-/m0/s1. The molecular weight excluding hydrogens is 316 g/mol. The summed E-state index contributed by atoms with van der Waals surface area (Å²) >= 11 is 0. The molecule has 1 N–H and O–H groups in total. The van der Waals surface area contributed by atoms with Crippen molar-refractivity contribution >= 4 is 23.2 Å². The van der Waals surface area contributed by atoms with Gasteiger partial charge in [0.05, 0.1) is 13.0 Å². The van der Waals surface area contributed by atoms with E-state index < -0.39 is 0 Å². The normalized spacial score (nSPS) is 16.8. The van der Waals surface area contributed by atoms with Crippen LogP contribution < -0.4 is 15.0 Å². The number of hydrogen-bond acceptors (Lipinski definition) is 3. The molecule has 5 nitrogen and oxygen atoms in total. The number of carbonyl (C=O) groups is 2. The fraction of sp³-hybridized carbons (Fsp3) is 0.300. The topological polar surface area (TPSA) is 58.6 Å². The van der Waals surface area contributed by atoms with Gasteiger partial charge in [0.15, 0.2) is 0 Å². The highest BCUT2D eigenvalue weighted by Crippen LogP contribution is 2.30. The van der Waals surface area contributed by atoms with Gasteiger partial charge >= 0.3 is 0 Å². The van der Waals surface area contributed by atoms with Crippen LogP contribution in [0.1, 0.15) is 17.5 Å². The van der Waals surface area contributed by atoms with Gasteiger partial charge in [-0.1, -0.05) is 12.1 Å². The third-order valence-electron chi connectivity index (χ3n) is 4.72. The van der Waals surface area contributed by atoms with Crippen LogP contribution in [0.3, 0.4) is 0 Å². The highest BCUT2D eigenvalue weighted by Gasteiger charge is 2.35. The summed E-state index contributed by atoms with van der Waals surface area (Å²) in [5.74, 6) is 0.236. The zero-order valence-electron chi connectivity index (χ0n) is 14.7. The molecule has 5 heteroatoms. The number of benzene rings is 2. The maximum Gasteiger partial charge on any atom is 0.229 e. The average Bonchev–Trinajstić information content (AvgIpc) is 3.00. The molecule has 0 aliphatic carbocycles. The van der Waals surface area contributed by atoms with Crippen molar-refractivity contribution in [1.82, 2.24) is 0 Å². The minimum absolute atomic E-state index is 0.0106. The molecule has 0 radical (unpaired) electrons. The highest BCUT2D eigenvalue weighted by molar-refractivity contribution is 6.03. The summed E-state index contributed by atoms with van der Waals surface area (Å²) in [6, 6.07) is 13.1. The van der Waals surface area contributed by atoms with Gasteiger partial charge in [-0.15, -0.1) is 0 Å². The smallest absolute Gasteiger partial charge is 0.229 e. The van der Waals surface area contributed by atoms with Crippen molar-refractivity contribution in [2.24, 2.45) is 5.92 Å². The van der Waals surface area contributed by atoms with E-state index in [0.29, 0.717) is 12.2 Å². The second-order valence-corrected chi connectivity index (χ2v) is 6.34. The quantitative estimate of drug-likeness (QED) is 0.930. The first kappa shape index (κ1) is 17.0. The lowest BCUT2D eigenvalue weighted by atomic mass is 10.1. The molecule has 2 aromatic rings. The van der Waals surface area contributed by atoms with Crippen LogP contribution in [0.4, 0.5) is 11.4 Å². The summed E-state index contributed by atoms with van der Waals surface area (Å²) in [6.45, 7) is 4.43. The Morgan fingerprint density at radius 1 is 1.16 bits per heavy atom. The molecule has 1 aliphatic rings. The predicted molar refractivity (Wildman–Crippen MR) is 98.0 cm³/mol. The van der Waals surface area contributed by atoms with Crippen LogP contribution in [0.5, 0.6) is 5.75 Å². The number of amides is 2. The first-order valence-corrected chi connectivity index (χ1v) is 8.31. The lowest BCUT2D eigenvalue weighted by Gasteiger charge is -2.20. The van der Waals surface area contributed by atoms with Gasteiger partial charge in [0.2, 0.25) is 11.8 Å². The third-order valence-corrected chi connectivity index (χ3v) is 4.72. The van der Waals surface area contributed by atoms with Gasteiger partial charge in [0, 0.05) is 24.3 Å².